The lowest BCUT2D eigenvalue weighted by molar-refractivity contribution is 0.627. The van der Waals surface area contributed by atoms with Crippen molar-refractivity contribution in [3.8, 4) is 0 Å². The molecule has 94 valence electrons. The van der Waals surface area contributed by atoms with Crippen molar-refractivity contribution in [1.29, 1.82) is 0 Å². The lowest BCUT2D eigenvalue weighted by Gasteiger charge is -2.05. The average molecular weight is 283 g/mol. The molecule has 0 spiro atoms. The van der Waals surface area contributed by atoms with Gasteiger partial charge < -0.3 is 0 Å². The van der Waals surface area contributed by atoms with Crippen molar-refractivity contribution in [3.05, 3.63) is 70.5 Å². The van der Waals surface area contributed by atoms with Gasteiger partial charge in [-0.15, -0.1) is 0 Å². The molecule has 0 heterocycles. The maximum absolute atomic E-state index is 12.9. The second-order valence-electron chi connectivity index (χ2n) is 3.95. The smallest absolute Gasteiger partial charge is 0.124 e. The summed E-state index contributed by atoms with van der Waals surface area (Å²) in [6.45, 7) is 0. The van der Waals surface area contributed by atoms with E-state index < -0.39 is 10.8 Å². The number of hydrogen-bond acceptors (Lipinski definition) is 1. The Morgan fingerprint density at radius 2 is 1.78 bits per heavy atom. The molecule has 0 fully saturated rings. The molecule has 0 aliphatic rings. The van der Waals surface area contributed by atoms with Crippen LogP contribution < -0.4 is 0 Å². The van der Waals surface area contributed by atoms with Gasteiger partial charge in [-0.1, -0.05) is 48.0 Å². The second-order valence-corrected chi connectivity index (χ2v) is 5.81. The van der Waals surface area contributed by atoms with Crippen LogP contribution in [-0.2, 0) is 22.3 Å². The molecular formula is C14H12ClFOS. The summed E-state index contributed by atoms with van der Waals surface area (Å²) in [7, 11) is -1.05. The maximum atomic E-state index is 12.9. The minimum Gasteiger partial charge on any atom is -0.259 e. The largest absolute Gasteiger partial charge is 0.259 e. The summed E-state index contributed by atoms with van der Waals surface area (Å²) in [6, 6.07) is 13.8. The van der Waals surface area contributed by atoms with Gasteiger partial charge in [-0.05, 0) is 23.3 Å². The van der Waals surface area contributed by atoms with E-state index in [4.69, 9.17) is 11.6 Å². The minimum absolute atomic E-state index is 0.330. The van der Waals surface area contributed by atoms with Crippen LogP contribution in [0.3, 0.4) is 0 Å². The molecule has 0 amide bonds. The molecule has 2 rings (SSSR count). The number of hydrogen-bond donors (Lipinski definition) is 0. The third-order valence-electron chi connectivity index (χ3n) is 2.50. The van der Waals surface area contributed by atoms with E-state index in [9.17, 15) is 8.60 Å². The van der Waals surface area contributed by atoms with Crippen LogP contribution in [0.5, 0.6) is 0 Å². The first kappa shape index (κ1) is 13.2. The van der Waals surface area contributed by atoms with E-state index in [1.807, 2.05) is 30.3 Å². The summed E-state index contributed by atoms with van der Waals surface area (Å²) in [4.78, 5) is 0. The van der Waals surface area contributed by atoms with Crippen LogP contribution >= 0.6 is 11.6 Å². The molecule has 0 aliphatic carbocycles. The van der Waals surface area contributed by atoms with Gasteiger partial charge in [-0.3, -0.25) is 4.21 Å². The first-order valence-corrected chi connectivity index (χ1v) is 7.34. The summed E-state index contributed by atoms with van der Waals surface area (Å²) < 4.78 is 24.8. The third kappa shape index (κ3) is 3.65. The molecule has 0 aromatic heterocycles. The molecule has 0 saturated carbocycles. The molecule has 0 saturated heterocycles. The van der Waals surface area contributed by atoms with Crippen LogP contribution in [0.2, 0.25) is 5.02 Å². The van der Waals surface area contributed by atoms with Gasteiger partial charge in [0.2, 0.25) is 0 Å². The summed E-state index contributed by atoms with van der Waals surface area (Å²) in [5.41, 5.74) is 1.74. The van der Waals surface area contributed by atoms with Gasteiger partial charge in [0.1, 0.15) is 5.82 Å². The molecule has 0 N–H and O–H groups in total. The average Bonchev–Trinajstić information content (AvgIpc) is 2.34. The standard InChI is InChI=1S/C14H12ClFOS/c15-14-8-13(16)7-6-12(14)10-18(17)9-11-4-2-1-3-5-11/h1-8H,9-10H2/t18-/m1/s1. The Labute approximate surface area is 113 Å². The van der Waals surface area contributed by atoms with E-state index in [0.29, 0.717) is 22.1 Å². The summed E-state index contributed by atoms with van der Waals surface area (Å²) in [5, 5.41) is 0.330. The molecule has 0 bridgehead atoms. The van der Waals surface area contributed by atoms with Gasteiger partial charge in [0, 0.05) is 21.6 Å². The van der Waals surface area contributed by atoms with Crippen molar-refractivity contribution < 1.29 is 8.60 Å². The molecule has 2 aromatic carbocycles. The van der Waals surface area contributed by atoms with E-state index in [2.05, 4.69) is 0 Å². The lowest BCUT2D eigenvalue weighted by Crippen LogP contribution is -2.00. The van der Waals surface area contributed by atoms with Crippen LogP contribution in [0.15, 0.2) is 48.5 Å². The zero-order valence-electron chi connectivity index (χ0n) is 9.61. The summed E-state index contributed by atoms with van der Waals surface area (Å²) in [6.07, 6.45) is 0. The highest BCUT2D eigenvalue weighted by Crippen LogP contribution is 2.19. The molecular weight excluding hydrogens is 271 g/mol. The van der Waals surface area contributed by atoms with Crippen molar-refractivity contribution in [2.45, 2.75) is 11.5 Å². The third-order valence-corrected chi connectivity index (χ3v) is 4.14. The molecule has 4 heteroatoms. The van der Waals surface area contributed by atoms with Crippen LogP contribution in [-0.4, -0.2) is 4.21 Å². The molecule has 2 aromatic rings. The first-order chi connectivity index (χ1) is 8.65. The topological polar surface area (TPSA) is 17.1 Å². The number of benzene rings is 2. The van der Waals surface area contributed by atoms with E-state index in [1.54, 1.807) is 6.07 Å². The Morgan fingerprint density at radius 1 is 1.06 bits per heavy atom. The van der Waals surface area contributed by atoms with Gasteiger partial charge in [-0.2, -0.15) is 0 Å². The molecule has 0 aliphatic heterocycles. The van der Waals surface area contributed by atoms with Crippen molar-refractivity contribution in [2.75, 3.05) is 0 Å². The lowest BCUT2D eigenvalue weighted by atomic mass is 10.2. The maximum Gasteiger partial charge on any atom is 0.124 e. The molecule has 0 unspecified atom stereocenters. The minimum atomic E-state index is -1.05. The van der Waals surface area contributed by atoms with Crippen LogP contribution in [0, 0.1) is 5.82 Å². The first-order valence-electron chi connectivity index (χ1n) is 5.48. The fraction of sp³-hybridized carbons (Fsp3) is 0.143. The highest BCUT2D eigenvalue weighted by Gasteiger charge is 2.07. The van der Waals surface area contributed by atoms with Gasteiger partial charge in [0.25, 0.3) is 0 Å². The molecule has 1 atom stereocenters. The highest BCUT2D eigenvalue weighted by molar-refractivity contribution is 7.83. The zero-order valence-corrected chi connectivity index (χ0v) is 11.2. The van der Waals surface area contributed by atoms with Crippen molar-refractivity contribution in [3.63, 3.8) is 0 Å². The van der Waals surface area contributed by atoms with Crippen LogP contribution in [0.4, 0.5) is 4.39 Å². The van der Waals surface area contributed by atoms with Gasteiger partial charge in [-0.25, -0.2) is 4.39 Å². The van der Waals surface area contributed by atoms with Crippen molar-refractivity contribution in [2.24, 2.45) is 0 Å². The van der Waals surface area contributed by atoms with Gasteiger partial charge in [0.15, 0.2) is 0 Å². The predicted molar refractivity (Wildman–Crippen MR) is 73.4 cm³/mol. The Morgan fingerprint density at radius 3 is 2.44 bits per heavy atom. The zero-order chi connectivity index (χ0) is 13.0. The molecule has 0 radical (unpaired) electrons. The Hall–Kier alpha value is -1.19. The molecule has 18 heavy (non-hydrogen) atoms. The van der Waals surface area contributed by atoms with Crippen molar-refractivity contribution in [1.82, 2.24) is 0 Å². The Bertz CT molecular complexity index is 557. The fourth-order valence-corrected chi connectivity index (χ4v) is 3.20. The quantitative estimate of drug-likeness (QED) is 0.830. The monoisotopic (exact) mass is 282 g/mol. The Balaban J connectivity index is 2.03. The number of rotatable bonds is 4. The van der Waals surface area contributed by atoms with E-state index in [1.165, 1.54) is 12.1 Å². The van der Waals surface area contributed by atoms with Crippen LogP contribution in [0.25, 0.3) is 0 Å². The van der Waals surface area contributed by atoms with E-state index >= 15 is 0 Å². The van der Waals surface area contributed by atoms with Crippen molar-refractivity contribution >= 4 is 22.4 Å². The molecule has 1 nitrogen and oxygen atoms in total. The van der Waals surface area contributed by atoms with E-state index in [-0.39, 0.29) is 5.82 Å². The second kappa shape index (κ2) is 6.12. The van der Waals surface area contributed by atoms with Crippen LogP contribution in [0.1, 0.15) is 11.1 Å². The van der Waals surface area contributed by atoms with Gasteiger partial charge in [0.05, 0.1) is 5.75 Å². The summed E-state index contributed by atoms with van der Waals surface area (Å²) >= 11 is 5.90. The fourth-order valence-electron chi connectivity index (χ4n) is 1.62. The van der Waals surface area contributed by atoms with E-state index in [0.717, 1.165) is 5.56 Å². The SMILES string of the molecule is O=[S@](Cc1ccccc1)Cc1ccc(F)cc1Cl. The summed E-state index contributed by atoms with van der Waals surface area (Å²) in [5.74, 6) is 0.445. The van der Waals surface area contributed by atoms with Gasteiger partial charge >= 0.3 is 0 Å². The predicted octanol–water partition coefficient (Wildman–Crippen LogP) is 3.93. The Kier molecular flexibility index (Phi) is 4.50. The highest BCUT2D eigenvalue weighted by atomic mass is 35.5. The number of halogens is 2. The normalized spacial score (nSPS) is 12.3.